The van der Waals surface area contributed by atoms with Gasteiger partial charge in [0, 0.05) is 16.7 Å². The van der Waals surface area contributed by atoms with E-state index in [1.165, 1.54) is 13.2 Å². The van der Waals surface area contributed by atoms with Gasteiger partial charge < -0.3 is 15.2 Å². The molecule has 0 bridgehead atoms. The zero-order valence-corrected chi connectivity index (χ0v) is 15.9. The van der Waals surface area contributed by atoms with Gasteiger partial charge in [-0.05, 0) is 25.1 Å². The molecule has 1 saturated heterocycles. The standard InChI is InChI=1S/C18H19BrN2O5/c1-3-21-15(23)12-13(16(21)24)18(17(25)26-2,9-11(19)14(12)22)20-10-7-5-4-6-8-10/h4-9,12-14,20,22H,3H2,1-2H3/t12-,13-,14+,18+/m0/s1. The second-order valence-electron chi connectivity index (χ2n) is 6.25. The molecule has 1 fully saturated rings. The Kier molecular flexibility index (Phi) is 4.90. The molecule has 1 aromatic rings. The highest BCUT2D eigenvalue weighted by Crippen LogP contribution is 2.46. The Bertz CT molecular complexity index is 781. The monoisotopic (exact) mass is 422 g/mol. The summed E-state index contributed by atoms with van der Waals surface area (Å²) in [5.41, 5.74) is -1.03. The smallest absolute Gasteiger partial charge is 0.336 e. The molecule has 138 valence electrons. The number of fused-ring (bicyclic) bond motifs is 1. The minimum Gasteiger partial charge on any atom is -0.467 e. The molecule has 2 N–H and O–H groups in total. The first-order valence-corrected chi connectivity index (χ1v) is 8.99. The highest BCUT2D eigenvalue weighted by atomic mass is 79.9. The third kappa shape index (κ3) is 2.64. The summed E-state index contributed by atoms with van der Waals surface area (Å²) in [5.74, 6) is -3.90. The number of aliphatic hydroxyl groups excluding tert-OH is 1. The van der Waals surface area contributed by atoms with Crippen molar-refractivity contribution in [3.8, 4) is 0 Å². The van der Waals surface area contributed by atoms with E-state index in [1.54, 1.807) is 31.2 Å². The number of methoxy groups -OCH3 is 1. The highest BCUT2D eigenvalue weighted by molar-refractivity contribution is 9.11. The fourth-order valence-electron chi connectivity index (χ4n) is 3.70. The summed E-state index contributed by atoms with van der Waals surface area (Å²) in [5, 5.41) is 13.6. The van der Waals surface area contributed by atoms with Gasteiger partial charge in [-0.2, -0.15) is 0 Å². The van der Waals surface area contributed by atoms with Crippen molar-refractivity contribution in [2.24, 2.45) is 11.8 Å². The van der Waals surface area contributed by atoms with Crippen LogP contribution in [0.3, 0.4) is 0 Å². The van der Waals surface area contributed by atoms with Gasteiger partial charge in [0.25, 0.3) is 0 Å². The van der Waals surface area contributed by atoms with Crippen LogP contribution in [0.15, 0.2) is 40.9 Å². The number of imide groups is 1. The number of nitrogens with one attached hydrogen (secondary N) is 1. The third-order valence-corrected chi connectivity index (χ3v) is 5.58. The van der Waals surface area contributed by atoms with Crippen LogP contribution in [0.5, 0.6) is 0 Å². The number of carbonyl (C=O) groups excluding carboxylic acids is 3. The fourth-order valence-corrected chi connectivity index (χ4v) is 4.35. The van der Waals surface area contributed by atoms with E-state index >= 15 is 0 Å². The van der Waals surface area contributed by atoms with Crippen LogP contribution in [0.4, 0.5) is 5.69 Å². The number of nitrogens with zero attached hydrogens (tertiary/aromatic N) is 1. The van der Waals surface area contributed by atoms with E-state index < -0.39 is 41.3 Å². The lowest BCUT2D eigenvalue weighted by Gasteiger charge is -2.41. The van der Waals surface area contributed by atoms with Crippen LogP contribution in [-0.4, -0.2) is 53.1 Å². The Morgan fingerprint density at radius 2 is 1.96 bits per heavy atom. The number of anilines is 1. The maximum absolute atomic E-state index is 13.0. The molecule has 4 atom stereocenters. The first kappa shape index (κ1) is 18.6. The number of rotatable bonds is 4. The maximum Gasteiger partial charge on any atom is 0.336 e. The van der Waals surface area contributed by atoms with Crippen molar-refractivity contribution in [1.82, 2.24) is 4.90 Å². The number of ether oxygens (including phenoxy) is 1. The van der Waals surface area contributed by atoms with Crippen LogP contribution >= 0.6 is 15.9 Å². The average molecular weight is 423 g/mol. The number of amides is 2. The highest BCUT2D eigenvalue weighted by Gasteiger charge is 2.64. The van der Waals surface area contributed by atoms with Crippen molar-refractivity contribution < 1.29 is 24.2 Å². The van der Waals surface area contributed by atoms with Crippen LogP contribution in [-0.2, 0) is 19.1 Å². The Morgan fingerprint density at radius 3 is 2.54 bits per heavy atom. The number of hydrogen-bond acceptors (Lipinski definition) is 6. The third-order valence-electron chi connectivity index (χ3n) is 4.89. The van der Waals surface area contributed by atoms with Gasteiger partial charge in [-0.15, -0.1) is 0 Å². The number of esters is 1. The van der Waals surface area contributed by atoms with Crippen molar-refractivity contribution in [3.63, 3.8) is 0 Å². The molecule has 8 heteroatoms. The lowest BCUT2D eigenvalue weighted by atomic mass is 9.70. The Balaban J connectivity index is 2.19. The molecule has 2 amide bonds. The minimum absolute atomic E-state index is 0.164. The molecule has 0 unspecified atom stereocenters. The molecule has 2 aliphatic rings. The van der Waals surface area contributed by atoms with Crippen LogP contribution in [0, 0.1) is 11.8 Å². The zero-order chi connectivity index (χ0) is 19.1. The number of aliphatic hydroxyl groups is 1. The maximum atomic E-state index is 13.0. The Hall–Kier alpha value is -2.19. The van der Waals surface area contributed by atoms with Crippen molar-refractivity contribution in [1.29, 1.82) is 0 Å². The van der Waals surface area contributed by atoms with Crippen LogP contribution in [0.25, 0.3) is 0 Å². The summed E-state index contributed by atoms with van der Waals surface area (Å²) in [4.78, 5) is 39.6. The SMILES string of the molecule is CCN1C(=O)[C@@H]2[C@H](O)C(Br)=C[C@](Nc3ccccc3)(C(=O)OC)[C@@H]2C1=O. The zero-order valence-electron chi connectivity index (χ0n) is 14.3. The van der Waals surface area contributed by atoms with E-state index in [2.05, 4.69) is 21.2 Å². The van der Waals surface area contributed by atoms with Gasteiger partial charge in [-0.1, -0.05) is 34.1 Å². The van der Waals surface area contributed by atoms with E-state index in [4.69, 9.17) is 4.74 Å². The molecule has 26 heavy (non-hydrogen) atoms. The number of para-hydroxylation sites is 1. The van der Waals surface area contributed by atoms with Crippen molar-refractivity contribution in [2.75, 3.05) is 19.0 Å². The van der Waals surface area contributed by atoms with E-state index in [0.29, 0.717) is 5.69 Å². The van der Waals surface area contributed by atoms with Crippen molar-refractivity contribution in [2.45, 2.75) is 18.6 Å². The predicted octanol–water partition coefficient (Wildman–Crippen LogP) is 1.28. The molecule has 1 aromatic carbocycles. The second-order valence-corrected chi connectivity index (χ2v) is 7.17. The second kappa shape index (κ2) is 6.85. The van der Waals surface area contributed by atoms with E-state index in [9.17, 15) is 19.5 Å². The molecule has 0 radical (unpaired) electrons. The van der Waals surface area contributed by atoms with Gasteiger partial charge in [0.1, 0.15) is 0 Å². The van der Waals surface area contributed by atoms with Crippen LogP contribution in [0.2, 0.25) is 0 Å². The van der Waals surface area contributed by atoms with Gasteiger partial charge in [-0.25, -0.2) is 4.79 Å². The summed E-state index contributed by atoms with van der Waals surface area (Å²) in [7, 11) is 1.22. The molecule has 7 nitrogen and oxygen atoms in total. The first-order valence-electron chi connectivity index (χ1n) is 8.20. The molecule has 1 heterocycles. The quantitative estimate of drug-likeness (QED) is 0.560. The molecule has 3 rings (SSSR count). The molecular weight excluding hydrogens is 404 g/mol. The average Bonchev–Trinajstić information content (AvgIpc) is 2.90. The lowest BCUT2D eigenvalue weighted by molar-refractivity contribution is -0.151. The molecule has 1 aliphatic heterocycles. The minimum atomic E-state index is -1.62. The predicted molar refractivity (Wildman–Crippen MR) is 97.2 cm³/mol. The number of benzene rings is 1. The number of halogens is 1. The number of likely N-dealkylation sites (tertiary alicyclic amines) is 1. The van der Waals surface area contributed by atoms with Crippen molar-refractivity contribution in [3.05, 3.63) is 40.9 Å². The summed E-state index contributed by atoms with van der Waals surface area (Å²) >= 11 is 3.25. The van der Waals surface area contributed by atoms with Gasteiger partial charge in [0.2, 0.25) is 11.8 Å². The van der Waals surface area contributed by atoms with Gasteiger partial charge in [-0.3, -0.25) is 14.5 Å². The van der Waals surface area contributed by atoms with Gasteiger partial charge in [0.05, 0.1) is 25.0 Å². The molecule has 1 aliphatic carbocycles. The summed E-state index contributed by atoms with van der Waals surface area (Å²) in [6.45, 7) is 1.84. The van der Waals surface area contributed by atoms with Gasteiger partial charge in [0.15, 0.2) is 5.54 Å². The Morgan fingerprint density at radius 1 is 1.31 bits per heavy atom. The molecule has 0 aromatic heterocycles. The molecular formula is C18H19BrN2O5. The number of carbonyl (C=O) groups is 3. The van der Waals surface area contributed by atoms with E-state index in [0.717, 1.165) is 4.90 Å². The summed E-state index contributed by atoms with van der Waals surface area (Å²) < 4.78 is 5.24. The molecule has 0 saturated carbocycles. The van der Waals surface area contributed by atoms with E-state index in [-0.39, 0.29) is 11.0 Å². The first-order chi connectivity index (χ1) is 12.4. The summed E-state index contributed by atoms with van der Waals surface area (Å²) in [6.07, 6.45) is 0.227. The van der Waals surface area contributed by atoms with E-state index in [1.807, 2.05) is 6.07 Å². The Labute approximate surface area is 159 Å². The summed E-state index contributed by atoms with van der Waals surface area (Å²) in [6, 6.07) is 8.86. The number of hydrogen-bond donors (Lipinski definition) is 2. The fraction of sp³-hybridized carbons (Fsp3) is 0.389. The molecule has 0 spiro atoms. The lowest BCUT2D eigenvalue weighted by Crippen LogP contribution is -2.59. The van der Waals surface area contributed by atoms with Crippen LogP contribution in [0.1, 0.15) is 6.92 Å². The topological polar surface area (TPSA) is 95.9 Å². The normalized spacial score (nSPS) is 30.7. The van der Waals surface area contributed by atoms with Gasteiger partial charge >= 0.3 is 5.97 Å². The largest absolute Gasteiger partial charge is 0.467 e. The van der Waals surface area contributed by atoms with Crippen molar-refractivity contribution >= 4 is 39.4 Å². The van der Waals surface area contributed by atoms with Crippen LogP contribution < -0.4 is 5.32 Å².